The highest BCUT2D eigenvalue weighted by Gasteiger charge is 2.16. The Kier molecular flexibility index (Phi) is 4.04. The molecule has 0 radical (unpaired) electrons. The van der Waals surface area contributed by atoms with Gasteiger partial charge < -0.3 is 10.4 Å². The minimum Gasteiger partial charge on any atom is -0.391 e. The van der Waals surface area contributed by atoms with E-state index in [9.17, 15) is 9.90 Å². The first-order valence-electron chi connectivity index (χ1n) is 6.65. The van der Waals surface area contributed by atoms with Crippen molar-refractivity contribution in [1.82, 2.24) is 20.1 Å². The standard InChI is InChI=1S/C14H20N4O2/c1-8(2)12(19)7-15-14(20)10-5-9(3)17-13-11(10)6-16-18(13)4/h5-6,8,12,19H,7H2,1-4H3,(H,15,20). The SMILES string of the molecule is Cc1cc(C(=O)NCC(O)C(C)C)c2cnn(C)c2n1. The lowest BCUT2D eigenvalue weighted by molar-refractivity contribution is 0.0873. The Hall–Kier alpha value is -1.95. The van der Waals surface area contributed by atoms with Crippen molar-refractivity contribution in [2.24, 2.45) is 13.0 Å². The molecule has 2 rings (SSSR count). The highest BCUT2D eigenvalue weighted by molar-refractivity contribution is 6.05. The van der Waals surface area contributed by atoms with Crippen LogP contribution in [-0.4, -0.2) is 38.4 Å². The van der Waals surface area contributed by atoms with E-state index in [0.29, 0.717) is 11.2 Å². The molecule has 0 aliphatic rings. The first-order chi connectivity index (χ1) is 9.40. The summed E-state index contributed by atoms with van der Waals surface area (Å²) in [6, 6.07) is 1.74. The molecule has 0 aromatic carbocycles. The van der Waals surface area contributed by atoms with Gasteiger partial charge in [0, 0.05) is 19.3 Å². The van der Waals surface area contributed by atoms with Crippen molar-refractivity contribution in [2.75, 3.05) is 6.54 Å². The first kappa shape index (κ1) is 14.5. The van der Waals surface area contributed by atoms with Crippen molar-refractivity contribution in [3.63, 3.8) is 0 Å². The number of hydrogen-bond acceptors (Lipinski definition) is 4. The molecule has 0 bridgehead atoms. The lowest BCUT2D eigenvalue weighted by atomic mass is 10.1. The molecule has 2 N–H and O–H groups in total. The van der Waals surface area contributed by atoms with Crippen molar-refractivity contribution in [1.29, 1.82) is 0 Å². The van der Waals surface area contributed by atoms with Gasteiger partial charge in [-0.15, -0.1) is 0 Å². The number of carbonyl (C=O) groups excluding carboxylic acids is 1. The third-order valence-electron chi connectivity index (χ3n) is 3.32. The quantitative estimate of drug-likeness (QED) is 0.874. The number of aliphatic hydroxyl groups excluding tert-OH is 1. The van der Waals surface area contributed by atoms with Crippen LogP contribution < -0.4 is 5.32 Å². The van der Waals surface area contributed by atoms with E-state index in [-0.39, 0.29) is 18.4 Å². The summed E-state index contributed by atoms with van der Waals surface area (Å²) in [5.74, 6) is -0.110. The summed E-state index contributed by atoms with van der Waals surface area (Å²) in [5.41, 5.74) is 1.98. The van der Waals surface area contributed by atoms with Crippen LogP contribution in [0.5, 0.6) is 0 Å². The van der Waals surface area contributed by atoms with Crippen molar-refractivity contribution < 1.29 is 9.90 Å². The molecule has 1 unspecified atom stereocenters. The Bertz CT molecular complexity index is 633. The van der Waals surface area contributed by atoms with Crippen LogP contribution in [0.15, 0.2) is 12.3 Å². The van der Waals surface area contributed by atoms with Crippen molar-refractivity contribution >= 4 is 16.9 Å². The number of aliphatic hydroxyl groups is 1. The maximum atomic E-state index is 12.3. The van der Waals surface area contributed by atoms with Gasteiger partial charge >= 0.3 is 0 Å². The minimum atomic E-state index is -0.550. The zero-order valence-corrected chi connectivity index (χ0v) is 12.2. The number of nitrogens with one attached hydrogen (secondary N) is 1. The molecule has 2 aromatic rings. The average Bonchev–Trinajstić information content (AvgIpc) is 2.76. The third-order valence-corrected chi connectivity index (χ3v) is 3.32. The van der Waals surface area contributed by atoms with Gasteiger partial charge in [0.25, 0.3) is 5.91 Å². The Morgan fingerprint density at radius 2 is 2.20 bits per heavy atom. The van der Waals surface area contributed by atoms with Crippen LogP contribution in [0, 0.1) is 12.8 Å². The average molecular weight is 276 g/mol. The van der Waals surface area contributed by atoms with E-state index < -0.39 is 6.10 Å². The van der Waals surface area contributed by atoms with Crippen LogP contribution in [0.3, 0.4) is 0 Å². The van der Waals surface area contributed by atoms with Gasteiger partial charge in [-0.2, -0.15) is 5.10 Å². The van der Waals surface area contributed by atoms with Crippen LogP contribution in [0.25, 0.3) is 11.0 Å². The van der Waals surface area contributed by atoms with E-state index in [0.717, 1.165) is 11.1 Å². The summed E-state index contributed by atoms with van der Waals surface area (Å²) in [4.78, 5) is 16.6. The van der Waals surface area contributed by atoms with Crippen LogP contribution in [0.2, 0.25) is 0 Å². The van der Waals surface area contributed by atoms with Crippen LogP contribution in [-0.2, 0) is 7.05 Å². The topological polar surface area (TPSA) is 80.0 Å². The molecular weight excluding hydrogens is 256 g/mol. The lowest BCUT2D eigenvalue weighted by Gasteiger charge is -2.15. The largest absolute Gasteiger partial charge is 0.391 e. The predicted octanol–water partition coefficient (Wildman–Crippen LogP) is 1.02. The monoisotopic (exact) mass is 276 g/mol. The Morgan fingerprint density at radius 1 is 1.50 bits per heavy atom. The first-order valence-corrected chi connectivity index (χ1v) is 6.65. The zero-order chi connectivity index (χ0) is 14.9. The lowest BCUT2D eigenvalue weighted by Crippen LogP contribution is -2.34. The second kappa shape index (κ2) is 5.58. The Balaban J connectivity index is 2.26. The molecule has 0 saturated carbocycles. The molecule has 2 aromatic heterocycles. The molecule has 6 heteroatoms. The fourth-order valence-electron chi connectivity index (χ4n) is 1.96. The second-order valence-electron chi connectivity index (χ2n) is 5.34. The van der Waals surface area contributed by atoms with Crippen LogP contribution in [0.4, 0.5) is 0 Å². The number of carbonyl (C=O) groups is 1. The van der Waals surface area contributed by atoms with Crippen molar-refractivity contribution in [2.45, 2.75) is 26.9 Å². The summed E-state index contributed by atoms with van der Waals surface area (Å²) in [5, 5.41) is 17.4. The van der Waals surface area contributed by atoms with E-state index in [1.165, 1.54) is 0 Å². The number of pyridine rings is 1. The van der Waals surface area contributed by atoms with E-state index in [2.05, 4.69) is 15.4 Å². The number of nitrogens with zero attached hydrogens (tertiary/aromatic N) is 3. The van der Waals surface area contributed by atoms with Gasteiger partial charge in [-0.3, -0.25) is 9.48 Å². The fourth-order valence-corrected chi connectivity index (χ4v) is 1.96. The molecule has 0 aliphatic carbocycles. The smallest absolute Gasteiger partial charge is 0.252 e. The molecule has 0 aliphatic heterocycles. The molecule has 108 valence electrons. The molecular formula is C14H20N4O2. The maximum Gasteiger partial charge on any atom is 0.252 e. The van der Waals surface area contributed by atoms with Crippen molar-refractivity contribution in [3.8, 4) is 0 Å². The molecule has 0 spiro atoms. The molecule has 1 atom stereocenters. The molecule has 1 amide bonds. The number of aromatic nitrogens is 3. The summed E-state index contributed by atoms with van der Waals surface area (Å²) < 4.78 is 1.64. The summed E-state index contributed by atoms with van der Waals surface area (Å²) in [6.45, 7) is 5.89. The second-order valence-corrected chi connectivity index (χ2v) is 5.34. The number of fused-ring (bicyclic) bond motifs is 1. The number of hydrogen-bond donors (Lipinski definition) is 2. The Morgan fingerprint density at radius 3 is 2.85 bits per heavy atom. The van der Waals surface area contributed by atoms with Crippen LogP contribution >= 0.6 is 0 Å². The number of amides is 1. The highest BCUT2D eigenvalue weighted by Crippen LogP contribution is 2.17. The fraction of sp³-hybridized carbons (Fsp3) is 0.500. The van der Waals surface area contributed by atoms with Gasteiger partial charge in [-0.25, -0.2) is 4.98 Å². The summed E-state index contributed by atoms with van der Waals surface area (Å²) >= 11 is 0. The van der Waals surface area contributed by atoms with Gasteiger partial charge in [0.15, 0.2) is 5.65 Å². The van der Waals surface area contributed by atoms with E-state index in [1.54, 1.807) is 24.0 Å². The van der Waals surface area contributed by atoms with Gasteiger partial charge in [-0.1, -0.05) is 13.8 Å². The molecule has 2 heterocycles. The van der Waals surface area contributed by atoms with Gasteiger partial charge in [-0.05, 0) is 18.9 Å². The molecule has 0 saturated heterocycles. The van der Waals surface area contributed by atoms with E-state index >= 15 is 0 Å². The molecule has 0 fully saturated rings. The zero-order valence-electron chi connectivity index (χ0n) is 12.2. The molecule has 6 nitrogen and oxygen atoms in total. The predicted molar refractivity (Wildman–Crippen MR) is 76.4 cm³/mol. The normalized spacial score (nSPS) is 12.9. The van der Waals surface area contributed by atoms with Gasteiger partial charge in [0.2, 0.25) is 0 Å². The van der Waals surface area contributed by atoms with E-state index in [4.69, 9.17) is 0 Å². The third kappa shape index (κ3) is 2.80. The number of rotatable bonds is 4. The van der Waals surface area contributed by atoms with Gasteiger partial charge in [0.1, 0.15) is 0 Å². The summed E-state index contributed by atoms with van der Waals surface area (Å²) in [7, 11) is 1.79. The Labute approximate surface area is 117 Å². The molecule has 20 heavy (non-hydrogen) atoms. The van der Waals surface area contributed by atoms with Crippen LogP contribution in [0.1, 0.15) is 29.9 Å². The maximum absolute atomic E-state index is 12.3. The van der Waals surface area contributed by atoms with E-state index in [1.807, 2.05) is 20.8 Å². The van der Waals surface area contributed by atoms with Crippen molar-refractivity contribution in [3.05, 3.63) is 23.5 Å². The van der Waals surface area contributed by atoms with Gasteiger partial charge in [0.05, 0.1) is 23.3 Å². The number of aryl methyl sites for hydroxylation is 2. The minimum absolute atomic E-state index is 0.105. The highest BCUT2D eigenvalue weighted by atomic mass is 16.3. The summed E-state index contributed by atoms with van der Waals surface area (Å²) in [6.07, 6.45) is 1.08.